The number of hydrogen-bond acceptors (Lipinski definition) is 5. The molecule has 1 aliphatic carbocycles. The fraction of sp³-hybridized carbons (Fsp3) is 0.611. The number of hydrogen-bond donors (Lipinski definition) is 1. The van der Waals surface area contributed by atoms with Crippen LogP contribution < -0.4 is 0 Å². The monoisotopic (exact) mass is 367 g/mol. The number of sulfonamides is 1. The first-order chi connectivity index (χ1) is 11.9. The molecule has 1 aliphatic heterocycles. The molecule has 0 amide bonds. The third-order valence-corrected chi connectivity index (χ3v) is 7.22. The summed E-state index contributed by atoms with van der Waals surface area (Å²) in [5, 5.41) is 10.3. The van der Waals surface area contributed by atoms with Gasteiger partial charge in [0.2, 0.25) is 10.0 Å². The summed E-state index contributed by atoms with van der Waals surface area (Å²) in [5.74, 6) is -0.747. The van der Waals surface area contributed by atoms with Crippen LogP contribution in [0.1, 0.15) is 38.2 Å². The predicted octanol–water partition coefficient (Wildman–Crippen LogP) is 1.85. The minimum Gasteiger partial charge on any atom is -0.465 e. The number of aryl methyl sites for hydroxylation is 1. The van der Waals surface area contributed by atoms with Crippen LogP contribution in [-0.4, -0.2) is 48.6 Å². The summed E-state index contributed by atoms with van der Waals surface area (Å²) in [7, 11) is -3.84. The van der Waals surface area contributed by atoms with Crippen molar-refractivity contribution in [2.24, 2.45) is 5.92 Å². The number of benzene rings is 1. The molecule has 2 aliphatic rings. The molecule has 1 saturated heterocycles. The van der Waals surface area contributed by atoms with Crippen molar-refractivity contribution >= 4 is 16.0 Å². The first-order valence-electron chi connectivity index (χ1n) is 8.81. The number of fused-ring (bicyclic) bond motifs is 1. The maximum absolute atomic E-state index is 13.3. The zero-order chi connectivity index (χ0) is 18.2. The molecule has 2 fully saturated rings. The summed E-state index contributed by atoms with van der Waals surface area (Å²) < 4.78 is 33.0. The maximum atomic E-state index is 13.3. The van der Waals surface area contributed by atoms with Crippen molar-refractivity contribution in [1.29, 1.82) is 0 Å². The lowest BCUT2D eigenvalue weighted by Crippen LogP contribution is -2.47. The fourth-order valence-corrected chi connectivity index (χ4v) is 5.91. The van der Waals surface area contributed by atoms with Crippen LogP contribution in [0.25, 0.3) is 0 Å². The van der Waals surface area contributed by atoms with E-state index in [1.165, 1.54) is 4.31 Å². The van der Waals surface area contributed by atoms with Gasteiger partial charge in [-0.3, -0.25) is 4.79 Å². The van der Waals surface area contributed by atoms with Crippen LogP contribution in [0.5, 0.6) is 0 Å². The number of ether oxygens (including phenoxy) is 1. The maximum Gasteiger partial charge on any atom is 0.324 e. The second kappa shape index (κ2) is 7.05. The smallest absolute Gasteiger partial charge is 0.324 e. The van der Waals surface area contributed by atoms with Crippen LogP contribution >= 0.6 is 0 Å². The average molecular weight is 367 g/mol. The second-order valence-corrected chi connectivity index (χ2v) is 8.72. The number of aliphatic hydroxyl groups is 1. The molecule has 6 nitrogen and oxygen atoms in total. The average Bonchev–Trinajstić information content (AvgIpc) is 2.97. The molecular weight excluding hydrogens is 342 g/mol. The Morgan fingerprint density at radius 3 is 2.60 bits per heavy atom. The highest BCUT2D eigenvalue weighted by atomic mass is 32.2. The van der Waals surface area contributed by atoms with Gasteiger partial charge in [-0.25, -0.2) is 8.42 Å². The van der Waals surface area contributed by atoms with Gasteiger partial charge < -0.3 is 9.84 Å². The highest BCUT2D eigenvalue weighted by Gasteiger charge is 2.54. The van der Waals surface area contributed by atoms with Gasteiger partial charge in [0.1, 0.15) is 6.04 Å². The third-order valence-electron chi connectivity index (χ3n) is 5.27. The molecule has 1 N–H and O–H groups in total. The van der Waals surface area contributed by atoms with Crippen molar-refractivity contribution in [2.45, 2.75) is 62.6 Å². The van der Waals surface area contributed by atoms with Gasteiger partial charge in [-0.05, 0) is 51.7 Å². The zero-order valence-corrected chi connectivity index (χ0v) is 15.4. The minimum atomic E-state index is -3.84. The molecule has 0 radical (unpaired) electrons. The van der Waals surface area contributed by atoms with Gasteiger partial charge in [-0.2, -0.15) is 4.31 Å². The quantitative estimate of drug-likeness (QED) is 0.821. The van der Waals surface area contributed by atoms with Crippen molar-refractivity contribution in [3.05, 3.63) is 29.8 Å². The lowest BCUT2D eigenvalue weighted by molar-refractivity contribution is -0.147. The van der Waals surface area contributed by atoms with E-state index in [0.29, 0.717) is 19.3 Å². The zero-order valence-electron chi connectivity index (χ0n) is 14.6. The highest BCUT2D eigenvalue weighted by Crippen LogP contribution is 2.43. The summed E-state index contributed by atoms with van der Waals surface area (Å²) in [4.78, 5) is 12.6. The number of aliphatic hydroxyl groups excluding tert-OH is 1. The molecule has 4 atom stereocenters. The minimum absolute atomic E-state index is 0.174. The number of esters is 1. The van der Waals surface area contributed by atoms with Gasteiger partial charge >= 0.3 is 5.97 Å². The summed E-state index contributed by atoms with van der Waals surface area (Å²) in [6.07, 6.45) is 1.79. The van der Waals surface area contributed by atoms with Crippen molar-refractivity contribution in [3.63, 3.8) is 0 Å². The van der Waals surface area contributed by atoms with E-state index in [0.717, 1.165) is 12.0 Å². The van der Waals surface area contributed by atoms with E-state index in [-0.39, 0.29) is 23.5 Å². The van der Waals surface area contributed by atoms with E-state index in [1.807, 2.05) is 6.92 Å². The molecular formula is C18H25NO5S. The summed E-state index contributed by atoms with van der Waals surface area (Å²) >= 11 is 0. The molecule has 7 heteroatoms. The number of carbonyl (C=O) groups is 1. The summed E-state index contributed by atoms with van der Waals surface area (Å²) in [5.41, 5.74) is 0.966. The van der Waals surface area contributed by atoms with Crippen LogP contribution in [0.2, 0.25) is 0 Å². The molecule has 1 saturated carbocycles. The van der Waals surface area contributed by atoms with E-state index < -0.39 is 28.1 Å². The number of nitrogens with zero attached hydrogens (tertiary/aromatic N) is 1. The van der Waals surface area contributed by atoms with Crippen LogP contribution in [0.4, 0.5) is 0 Å². The fourth-order valence-electron chi connectivity index (χ4n) is 4.06. The Bertz CT molecular complexity index is 730. The Kier molecular flexibility index (Phi) is 5.18. The van der Waals surface area contributed by atoms with Gasteiger partial charge in [0.15, 0.2) is 0 Å². The van der Waals surface area contributed by atoms with E-state index in [4.69, 9.17) is 4.74 Å². The molecule has 0 spiro atoms. The molecule has 25 heavy (non-hydrogen) atoms. The molecule has 0 unspecified atom stereocenters. The topological polar surface area (TPSA) is 83.9 Å². The molecule has 1 aromatic rings. The Hall–Kier alpha value is -1.44. The van der Waals surface area contributed by atoms with Gasteiger partial charge in [0.05, 0.1) is 17.6 Å². The van der Waals surface area contributed by atoms with Gasteiger partial charge in [-0.1, -0.05) is 17.7 Å². The van der Waals surface area contributed by atoms with Gasteiger partial charge in [0.25, 0.3) is 0 Å². The lowest BCUT2D eigenvalue weighted by Gasteiger charge is -2.34. The van der Waals surface area contributed by atoms with E-state index >= 15 is 0 Å². The van der Waals surface area contributed by atoms with Crippen LogP contribution in [0.15, 0.2) is 29.2 Å². The van der Waals surface area contributed by atoms with Gasteiger partial charge in [-0.15, -0.1) is 0 Å². The van der Waals surface area contributed by atoms with Gasteiger partial charge in [0, 0.05) is 12.0 Å². The molecule has 0 bridgehead atoms. The highest BCUT2D eigenvalue weighted by molar-refractivity contribution is 7.89. The Labute approximate surface area is 148 Å². The molecule has 0 aromatic heterocycles. The second-order valence-electron chi connectivity index (χ2n) is 6.88. The Morgan fingerprint density at radius 2 is 1.96 bits per heavy atom. The standard InChI is InChI=1S/C18H25NO5S/c1-3-24-18(21)16-11-14-15(5-4-6-17(14)20)19(16)25(22,23)13-9-7-12(2)8-10-13/h7-10,14-17,20H,3-6,11H2,1-2H3/t14-,15-,16+,17+/m1/s1. The van der Waals surface area contributed by atoms with Crippen LogP contribution in [-0.2, 0) is 19.6 Å². The normalized spacial score (nSPS) is 30.0. The van der Waals surface area contributed by atoms with E-state index in [2.05, 4.69) is 0 Å². The van der Waals surface area contributed by atoms with Crippen LogP contribution in [0, 0.1) is 12.8 Å². The van der Waals surface area contributed by atoms with Crippen LogP contribution in [0.3, 0.4) is 0 Å². The number of carbonyl (C=O) groups excluding carboxylic acids is 1. The SMILES string of the molecule is CCOC(=O)[C@@H]1C[C@@H]2[C@@H](CCC[C@@H]2O)N1S(=O)(=O)c1ccc(C)cc1. The Balaban J connectivity index is 2.01. The Morgan fingerprint density at radius 1 is 1.28 bits per heavy atom. The van der Waals surface area contributed by atoms with Crippen molar-refractivity contribution in [2.75, 3.05) is 6.61 Å². The molecule has 138 valence electrons. The third kappa shape index (κ3) is 3.32. The molecule has 1 heterocycles. The van der Waals surface area contributed by atoms with Crippen molar-refractivity contribution < 1.29 is 23.1 Å². The lowest BCUT2D eigenvalue weighted by atomic mass is 9.82. The number of rotatable bonds is 4. The summed E-state index contributed by atoms with van der Waals surface area (Å²) in [6, 6.07) is 5.41. The largest absolute Gasteiger partial charge is 0.465 e. The van der Waals surface area contributed by atoms with E-state index in [9.17, 15) is 18.3 Å². The molecule has 1 aromatic carbocycles. The first-order valence-corrected chi connectivity index (χ1v) is 10.2. The predicted molar refractivity (Wildman–Crippen MR) is 92.4 cm³/mol. The van der Waals surface area contributed by atoms with Crippen molar-refractivity contribution in [3.8, 4) is 0 Å². The molecule has 3 rings (SSSR count). The summed E-state index contributed by atoms with van der Waals surface area (Å²) in [6.45, 7) is 3.79. The van der Waals surface area contributed by atoms with E-state index in [1.54, 1.807) is 31.2 Å². The van der Waals surface area contributed by atoms with Crippen molar-refractivity contribution in [1.82, 2.24) is 4.31 Å². The first kappa shape index (κ1) is 18.4.